The molecule has 0 aliphatic carbocycles. The summed E-state index contributed by atoms with van der Waals surface area (Å²) in [5, 5.41) is 0. The van der Waals surface area contributed by atoms with Crippen LogP contribution in [0.2, 0.25) is 0 Å². The standard InChI is InChI=1S/C12H20N6O/c1-2-3-6-9-19-12-15-10(17-13)14-11(16-12)18-7-4-5-8-18/h2H,1,3-9,13H2,(H,14,15,16,17). The minimum absolute atomic E-state index is 0.314. The molecule has 104 valence electrons. The van der Waals surface area contributed by atoms with Gasteiger partial charge in [-0.2, -0.15) is 15.0 Å². The summed E-state index contributed by atoms with van der Waals surface area (Å²) in [6.07, 6.45) is 5.98. The Morgan fingerprint density at radius 1 is 1.32 bits per heavy atom. The van der Waals surface area contributed by atoms with Crippen molar-refractivity contribution in [3.63, 3.8) is 0 Å². The lowest BCUT2D eigenvalue weighted by molar-refractivity contribution is 0.287. The lowest BCUT2D eigenvalue weighted by Crippen LogP contribution is -2.23. The van der Waals surface area contributed by atoms with Crippen molar-refractivity contribution in [1.29, 1.82) is 0 Å². The molecule has 0 bridgehead atoms. The Balaban J connectivity index is 2.04. The summed E-state index contributed by atoms with van der Waals surface area (Å²) < 4.78 is 5.52. The minimum Gasteiger partial charge on any atom is -0.463 e. The average Bonchev–Trinajstić information content (AvgIpc) is 2.97. The Hall–Kier alpha value is -1.89. The summed E-state index contributed by atoms with van der Waals surface area (Å²) in [6.45, 7) is 6.15. The molecule has 1 fully saturated rings. The van der Waals surface area contributed by atoms with Crippen LogP contribution < -0.4 is 20.9 Å². The van der Waals surface area contributed by atoms with Crippen LogP contribution in [0.3, 0.4) is 0 Å². The van der Waals surface area contributed by atoms with Crippen molar-refractivity contribution < 1.29 is 4.74 Å². The second kappa shape index (κ2) is 6.89. The van der Waals surface area contributed by atoms with Gasteiger partial charge in [0.2, 0.25) is 11.9 Å². The van der Waals surface area contributed by atoms with E-state index in [1.807, 2.05) is 6.08 Å². The van der Waals surface area contributed by atoms with E-state index in [-0.39, 0.29) is 0 Å². The van der Waals surface area contributed by atoms with Gasteiger partial charge in [0.15, 0.2) is 0 Å². The number of hydrogen-bond acceptors (Lipinski definition) is 7. The van der Waals surface area contributed by atoms with Crippen LogP contribution in [0, 0.1) is 0 Å². The topological polar surface area (TPSA) is 89.2 Å². The van der Waals surface area contributed by atoms with Gasteiger partial charge in [-0.05, 0) is 25.7 Å². The lowest BCUT2D eigenvalue weighted by Gasteiger charge is -2.16. The molecule has 0 saturated carbocycles. The van der Waals surface area contributed by atoms with Gasteiger partial charge in [-0.1, -0.05) is 6.08 Å². The van der Waals surface area contributed by atoms with Gasteiger partial charge < -0.3 is 9.64 Å². The number of ether oxygens (including phenoxy) is 1. The zero-order valence-electron chi connectivity index (χ0n) is 11.0. The number of hydrogen-bond donors (Lipinski definition) is 2. The molecule has 2 rings (SSSR count). The SMILES string of the molecule is C=CCCCOc1nc(NN)nc(N2CCCC2)n1. The minimum atomic E-state index is 0.314. The zero-order chi connectivity index (χ0) is 13.5. The fraction of sp³-hybridized carbons (Fsp3) is 0.583. The Morgan fingerprint density at radius 2 is 2.11 bits per heavy atom. The quantitative estimate of drug-likeness (QED) is 0.330. The summed E-state index contributed by atoms with van der Waals surface area (Å²) >= 11 is 0. The number of rotatable bonds is 7. The summed E-state index contributed by atoms with van der Waals surface area (Å²) in [5.41, 5.74) is 2.45. The first-order valence-corrected chi connectivity index (χ1v) is 6.55. The summed E-state index contributed by atoms with van der Waals surface area (Å²) in [6, 6.07) is 0.314. The van der Waals surface area contributed by atoms with Gasteiger partial charge in [-0.25, -0.2) is 5.84 Å². The van der Waals surface area contributed by atoms with Crippen LogP contribution in [0.1, 0.15) is 25.7 Å². The second-order valence-corrected chi connectivity index (χ2v) is 4.36. The molecule has 7 nitrogen and oxygen atoms in total. The molecule has 0 unspecified atom stereocenters. The first-order valence-electron chi connectivity index (χ1n) is 6.55. The molecule has 2 heterocycles. The fourth-order valence-corrected chi connectivity index (χ4v) is 1.92. The van der Waals surface area contributed by atoms with E-state index >= 15 is 0 Å². The van der Waals surface area contributed by atoms with Crippen LogP contribution in [0.5, 0.6) is 6.01 Å². The van der Waals surface area contributed by atoms with Crippen molar-refractivity contribution in [1.82, 2.24) is 15.0 Å². The number of nitrogen functional groups attached to an aromatic ring is 1. The molecule has 0 spiro atoms. The monoisotopic (exact) mass is 264 g/mol. The Kier molecular flexibility index (Phi) is 4.91. The molecule has 19 heavy (non-hydrogen) atoms. The summed E-state index contributed by atoms with van der Waals surface area (Å²) in [5.74, 6) is 6.33. The van der Waals surface area contributed by atoms with Gasteiger partial charge in [0.1, 0.15) is 0 Å². The van der Waals surface area contributed by atoms with E-state index in [0.717, 1.165) is 38.8 Å². The third-order valence-electron chi connectivity index (χ3n) is 2.90. The van der Waals surface area contributed by atoms with E-state index in [2.05, 4.69) is 31.9 Å². The van der Waals surface area contributed by atoms with Crippen LogP contribution in [0.25, 0.3) is 0 Å². The normalized spacial score (nSPS) is 14.5. The predicted molar refractivity (Wildman–Crippen MR) is 74.0 cm³/mol. The van der Waals surface area contributed by atoms with Crippen molar-refractivity contribution in [3.05, 3.63) is 12.7 Å². The molecule has 0 radical (unpaired) electrons. The highest BCUT2D eigenvalue weighted by Gasteiger charge is 2.17. The number of allylic oxidation sites excluding steroid dienone is 1. The molecule has 0 aromatic carbocycles. The fourth-order valence-electron chi connectivity index (χ4n) is 1.92. The highest BCUT2D eigenvalue weighted by Crippen LogP contribution is 2.19. The van der Waals surface area contributed by atoms with Gasteiger partial charge >= 0.3 is 6.01 Å². The lowest BCUT2D eigenvalue weighted by atomic mass is 10.3. The molecule has 1 aliphatic rings. The Morgan fingerprint density at radius 3 is 2.79 bits per heavy atom. The number of hydrazine groups is 1. The van der Waals surface area contributed by atoms with Crippen molar-refractivity contribution in [3.8, 4) is 6.01 Å². The van der Waals surface area contributed by atoms with E-state index in [4.69, 9.17) is 10.6 Å². The van der Waals surface area contributed by atoms with Gasteiger partial charge in [-0.15, -0.1) is 6.58 Å². The Bertz CT molecular complexity index is 419. The first-order chi connectivity index (χ1) is 9.33. The van der Waals surface area contributed by atoms with E-state index in [9.17, 15) is 0 Å². The van der Waals surface area contributed by atoms with E-state index in [1.54, 1.807) is 0 Å². The maximum absolute atomic E-state index is 5.52. The van der Waals surface area contributed by atoms with Gasteiger partial charge in [0.25, 0.3) is 0 Å². The maximum atomic E-state index is 5.52. The molecule has 0 atom stereocenters. The van der Waals surface area contributed by atoms with Gasteiger partial charge in [0, 0.05) is 13.1 Å². The van der Waals surface area contributed by atoms with Crippen molar-refractivity contribution in [2.45, 2.75) is 25.7 Å². The van der Waals surface area contributed by atoms with Crippen molar-refractivity contribution in [2.75, 3.05) is 30.0 Å². The molecule has 1 aliphatic heterocycles. The number of anilines is 2. The van der Waals surface area contributed by atoms with E-state index in [0.29, 0.717) is 24.5 Å². The van der Waals surface area contributed by atoms with E-state index < -0.39 is 0 Å². The number of aromatic nitrogens is 3. The second-order valence-electron chi connectivity index (χ2n) is 4.36. The molecule has 7 heteroatoms. The van der Waals surface area contributed by atoms with Crippen molar-refractivity contribution in [2.24, 2.45) is 5.84 Å². The molecule has 1 saturated heterocycles. The zero-order valence-corrected chi connectivity index (χ0v) is 11.0. The van der Waals surface area contributed by atoms with Crippen LogP contribution in [0.15, 0.2) is 12.7 Å². The van der Waals surface area contributed by atoms with E-state index in [1.165, 1.54) is 0 Å². The molecule has 3 N–H and O–H groups in total. The number of nitrogens with zero attached hydrogens (tertiary/aromatic N) is 4. The smallest absolute Gasteiger partial charge is 0.323 e. The predicted octanol–water partition coefficient (Wildman–Crippen LogP) is 1.10. The first kappa shape index (κ1) is 13.5. The maximum Gasteiger partial charge on any atom is 0.323 e. The average molecular weight is 264 g/mol. The molecule has 1 aromatic heterocycles. The Labute approximate surface area is 112 Å². The van der Waals surface area contributed by atoms with Crippen LogP contribution in [-0.2, 0) is 0 Å². The molecular weight excluding hydrogens is 244 g/mol. The number of nitrogens with one attached hydrogen (secondary N) is 1. The van der Waals surface area contributed by atoms with Crippen LogP contribution in [0.4, 0.5) is 11.9 Å². The van der Waals surface area contributed by atoms with Gasteiger partial charge in [-0.3, -0.25) is 5.43 Å². The molecular formula is C12H20N6O. The highest BCUT2D eigenvalue weighted by molar-refractivity contribution is 5.38. The highest BCUT2D eigenvalue weighted by atomic mass is 16.5. The van der Waals surface area contributed by atoms with Gasteiger partial charge in [0.05, 0.1) is 6.61 Å². The third kappa shape index (κ3) is 3.78. The summed E-state index contributed by atoms with van der Waals surface area (Å²) in [4.78, 5) is 14.8. The number of nitrogens with two attached hydrogens (primary N) is 1. The van der Waals surface area contributed by atoms with Crippen LogP contribution in [-0.4, -0.2) is 34.6 Å². The van der Waals surface area contributed by atoms with Crippen molar-refractivity contribution >= 4 is 11.9 Å². The molecule has 0 amide bonds. The summed E-state index contributed by atoms with van der Waals surface area (Å²) in [7, 11) is 0. The third-order valence-corrected chi connectivity index (χ3v) is 2.90. The number of unbranched alkanes of at least 4 members (excludes halogenated alkanes) is 1. The van der Waals surface area contributed by atoms with Crippen LogP contribution >= 0.6 is 0 Å². The molecule has 1 aromatic rings. The largest absolute Gasteiger partial charge is 0.463 e.